The second kappa shape index (κ2) is 7.13. The van der Waals surface area contributed by atoms with E-state index >= 15 is 0 Å². The molecule has 0 aromatic heterocycles. The SMILES string of the molecule is CCOC(=O)[C](C)(C)[Sb]([c]1ccccc1)[c]1ccccc1. The van der Waals surface area contributed by atoms with Crippen LogP contribution in [0.1, 0.15) is 20.8 Å². The normalized spacial score (nSPS) is 11.4. The summed E-state index contributed by atoms with van der Waals surface area (Å²) in [5.41, 5.74) is 0. The molecule has 0 aliphatic rings. The van der Waals surface area contributed by atoms with Crippen molar-refractivity contribution in [2.75, 3.05) is 6.61 Å². The van der Waals surface area contributed by atoms with Crippen LogP contribution in [0.5, 0.6) is 0 Å². The Kier molecular flexibility index (Phi) is 5.47. The molecule has 0 amide bonds. The van der Waals surface area contributed by atoms with Crippen molar-refractivity contribution in [3.05, 3.63) is 60.7 Å². The van der Waals surface area contributed by atoms with Crippen LogP contribution in [-0.4, -0.2) is 32.8 Å². The molecule has 0 fully saturated rings. The molecular weight excluding hydrogens is 370 g/mol. The molecule has 0 saturated carbocycles. The predicted octanol–water partition coefficient (Wildman–Crippen LogP) is 2.64. The second-order valence-corrected chi connectivity index (χ2v) is 13.3. The quantitative estimate of drug-likeness (QED) is 0.579. The third kappa shape index (κ3) is 3.68. The average Bonchev–Trinajstić information content (AvgIpc) is 2.49. The minimum absolute atomic E-state index is 0.0827. The van der Waals surface area contributed by atoms with Gasteiger partial charge in [0.15, 0.2) is 0 Å². The first-order valence-electron chi connectivity index (χ1n) is 7.15. The number of hydrogen-bond donors (Lipinski definition) is 0. The third-order valence-electron chi connectivity index (χ3n) is 3.36. The number of rotatable bonds is 5. The fourth-order valence-electron chi connectivity index (χ4n) is 2.35. The zero-order valence-corrected chi connectivity index (χ0v) is 15.3. The molecule has 2 rings (SSSR count). The topological polar surface area (TPSA) is 26.3 Å². The van der Waals surface area contributed by atoms with E-state index in [-0.39, 0.29) is 5.97 Å². The summed E-state index contributed by atoms with van der Waals surface area (Å²) in [4.78, 5) is 12.5. The molecule has 2 aromatic rings. The van der Waals surface area contributed by atoms with Crippen molar-refractivity contribution in [3.8, 4) is 0 Å². The van der Waals surface area contributed by atoms with Gasteiger partial charge in [-0.15, -0.1) is 0 Å². The van der Waals surface area contributed by atoms with Gasteiger partial charge in [-0.2, -0.15) is 0 Å². The number of esters is 1. The van der Waals surface area contributed by atoms with Crippen LogP contribution in [0.2, 0.25) is 3.36 Å². The summed E-state index contributed by atoms with van der Waals surface area (Å²) in [5, 5.41) is 0. The molecule has 0 bridgehead atoms. The van der Waals surface area contributed by atoms with Gasteiger partial charge in [0.25, 0.3) is 0 Å². The zero-order valence-electron chi connectivity index (χ0n) is 12.7. The van der Waals surface area contributed by atoms with Crippen molar-refractivity contribution in [2.24, 2.45) is 0 Å². The summed E-state index contributed by atoms with van der Waals surface area (Å²) in [5.74, 6) is -0.0827. The Labute approximate surface area is 134 Å². The van der Waals surface area contributed by atoms with Crippen LogP contribution < -0.4 is 7.02 Å². The maximum absolute atomic E-state index is 12.5. The first kappa shape index (κ1) is 16.1. The molecule has 0 N–H and O–H groups in total. The molecule has 0 radical (unpaired) electrons. The number of benzene rings is 2. The van der Waals surface area contributed by atoms with Crippen molar-refractivity contribution in [1.29, 1.82) is 0 Å². The van der Waals surface area contributed by atoms with Gasteiger partial charge in [0.1, 0.15) is 0 Å². The first-order chi connectivity index (χ1) is 10.1. The fourth-order valence-corrected chi connectivity index (χ4v) is 10.3. The molecule has 2 aromatic carbocycles. The molecule has 110 valence electrons. The van der Waals surface area contributed by atoms with Gasteiger partial charge in [0.2, 0.25) is 0 Å². The van der Waals surface area contributed by atoms with Gasteiger partial charge in [-0.25, -0.2) is 0 Å². The van der Waals surface area contributed by atoms with E-state index in [1.807, 2.05) is 32.9 Å². The number of ether oxygens (including phenoxy) is 1. The third-order valence-corrected chi connectivity index (χ3v) is 11.7. The van der Waals surface area contributed by atoms with Crippen LogP contribution in [0.15, 0.2) is 60.7 Å². The van der Waals surface area contributed by atoms with Gasteiger partial charge >= 0.3 is 134 Å². The van der Waals surface area contributed by atoms with Gasteiger partial charge in [-0.05, 0) is 0 Å². The molecule has 2 nitrogen and oxygen atoms in total. The standard InChI is InChI=1S/C6H11O2.2C6H5.Sb/c1-4-8-6(7)5(2)3;2*1-2-4-6-5-3-1;/h4H2,1-3H3;2*1-5H;. The Hall–Kier alpha value is -1.27. The van der Waals surface area contributed by atoms with Crippen LogP contribution in [-0.2, 0) is 9.53 Å². The average molecular weight is 391 g/mol. The maximum atomic E-state index is 12.5. The van der Waals surface area contributed by atoms with Crippen molar-refractivity contribution in [2.45, 2.75) is 24.1 Å². The number of carbonyl (C=O) groups excluding carboxylic acids is 1. The fraction of sp³-hybridized carbons (Fsp3) is 0.278. The van der Waals surface area contributed by atoms with E-state index in [1.165, 1.54) is 7.02 Å². The number of hydrogen-bond acceptors (Lipinski definition) is 2. The Morgan fingerprint density at radius 2 is 1.38 bits per heavy atom. The van der Waals surface area contributed by atoms with Crippen molar-refractivity contribution >= 4 is 33.2 Å². The van der Waals surface area contributed by atoms with E-state index in [4.69, 9.17) is 4.74 Å². The predicted molar refractivity (Wildman–Crippen MR) is 88.6 cm³/mol. The van der Waals surface area contributed by atoms with Crippen LogP contribution >= 0.6 is 0 Å². The van der Waals surface area contributed by atoms with Crippen molar-refractivity contribution in [1.82, 2.24) is 0 Å². The van der Waals surface area contributed by atoms with E-state index in [0.717, 1.165) is 0 Å². The minimum atomic E-state index is -2.27. The van der Waals surface area contributed by atoms with Gasteiger partial charge < -0.3 is 0 Å². The molecule has 0 unspecified atom stereocenters. The van der Waals surface area contributed by atoms with Crippen LogP contribution in [0.25, 0.3) is 0 Å². The van der Waals surface area contributed by atoms with Crippen LogP contribution in [0, 0.1) is 0 Å². The molecule has 0 aliphatic carbocycles. The van der Waals surface area contributed by atoms with E-state index in [0.29, 0.717) is 6.61 Å². The number of carbonyl (C=O) groups is 1. The van der Waals surface area contributed by atoms with E-state index < -0.39 is 23.6 Å². The molecule has 0 spiro atoms. The van der Waals surface area contributed by atoms with Crippen LogP contribution in [0.3, 0.4) is 0 Å². The summed E-state index contributed by atoms with van der Waals surface area (Å²) in [6, 6.07) is 20.8. The summed E-state index contributed by atoms with van der Waals surface area (Å²) in [6.45, 7) is 6.36. The summed E-state index contributed by atoms with van der Waals surface area (Å²) in [7, 11) is 0. The molecule has 0 aliphatic heterocycles. The molecule has 0 atom stereocenters. The van der Waals surface area contributed by atoms with Gasteiger partial charge in [-0.3, -0.25) is 0 Å². The van der Waals surface area contributed by atoms with Crippen molar-refractivity contribution < 1.29 is 9.53 Å². The van der Waals surface area contributed by atoms with Gasteiger partial charge in [0, 0.05) is 0 Å². The van der Waals surface area contributed by atoms with Gasteiger partial charge in [-0.1, -0.05) is 0 Å². The van der Waals surface area contributed by atoms with E-state index in [2.05, 4.69) is 48.5 Å². The zero-order chi connectivity index (χ0) is 15.3. The second-order valence-electron chi connectivity index (χ2n) is 5.29. The summed E-state index contributed by atoms with van der Waals surface area (Å²) in [6.07, 6.45) is 0. The molecule has 0 saturated heterocycles. The molecule has 3 heteroatoms. The van der Waals surface area contributed by atoms with Gasteiger partial charge in [0.05, 0.1) is 0 Å². The Morgan fingerprint density at radius 3 is 1.76 bits per heavy atom. The van der Waals surface area contributed by atoms with Crippen LogP contribution in [0.4, 0.5) is 0 Å². The molecule has 0 heterocycles. The Balaban J connectivity index is 2.49. The van der Waals surface area contributed by atoms with Crippen molar-refractivity contribution in [3.63, 3.8) is 0 Å². The van der Waals surface area contributed by atoms with E-state index in [9.17, 15) is 4.79 Å². The Bertz CT molecular complexity index is 539. The summed E-state index contributed by atoms with van der Waals surface area (Å²) >= 11 is -2.27. The molecular formula is C18H21O2Sb. The monoisotopic (exact) mass is 390 g/mol. The first-order valence-corrected chi connectivity index (χ1v) is 11.0. The van der Waals surface area contributed by atoms with E-state index in [1.54, 1.807) is 0 Å². The molecule has 21 heavy (non-hydrogen) atoms. The Morgan fingerprint density at radius 1 is 0.952 bits per heavy atom. The summed E-state index contributed by atoms with van der Waals surface area (Å²) < 4.78 is 7.51.